The standard InChI is InChI=1S/C29H22N4O4/c1-17-5-2-3-8-23(17)27(35)32-20-6-4-7-22(15-20)33-28(36)24-14-13-21(16-25(24)29(33)37)31-26(34)18-9-11-19(30)12-10-18/h2-16H,30H2,1H3,(H,31,34)(H,32,35). The third-order valence-corrected chi connectivity index (χ3v) is 6.07. The van der Waals surface area contributed by atoms with Crippen LogP contribution >= 0.6 is 0 Å². The monoisotopic (exact) mass is 490 g/mol. The second-order valence-corrected chi connectivity index (χ2v) is 8.60. The summed E-state index contributed by atoms with van der Waals surface area (Å²) in [7, 11) is 0. The average Bonchev–Trinajstić information content (AvgIpc) is 3.14. The van der Waals surface area contributed by atoms with E-state index in [1.165, 1.54) is 12.1 Å². The Balaban J connectivity index is 1.36. The first-order chi connectivity index (χ1) is 17.8. The average molecular weight is 491 g/mol. The molecule has 8 nitrogen and oxygen atoms in total. The molecule has 1 aliphatic heterocycles. The van der Waals surface area contributed by atoms with Gasteiger partial charge in [-0.25, -0.2) is 4.90 Å². The summed E-state index contributed by atoms with van der Waals surface area (Å²) in [6.45, 7) is 1.84. The van der Waals surface area contributed by atoms with Crippen LogP contribution in [-0.2, 0) is 0 Å². The molecule has 37 heavy (non-hydrogen) atoms. The summed E-state index contributed by atoms with van der Waals surface area (Å²) >= 11 is 0. The molecule has 0 saturated heterocycles. The number of aryl methyl sites for hydroxylation is 1. The quantitative estimate of drug-likeness (QED) is 0.272. The van der Waals surface area contributed by atoms with E-state index in [9.17, 15) is 19.2 Å². The van der Waals surface area contributed by atoms with Gasteiger partial charge in [0.2, 0.25) is 0 Å². The molecule has 8 heteroatoms. The molecule has 182 valence electrons. The maximum absolute atomic E-state index is 13.2. The summed E-state index contributed by atoms with van der Waals surface area (Å²) in [4.78, 5) is 52.7. The molecular weight excluding hydrogens is 468 g/mol. The number of nitrogens with two attached hydrogens (primary N) is 1. The molecular formula is C29H22N4O4. The summed E-state index contributed by atoms with van der Waals surface area (Å²) in [6, 6.07) is 24.7. The fraction of sp³-hybridized carbons (Fsp3) is 0.0345. The summed E-state index contributed by atoms with van der Waals surface area (Å²) in [6.07, 6.45) is 0. The fourth-order valence-electron chi connectivity index (χ4n) is 4.14. The molecule has 0 saturated carbocycles. The van der Waals surface area contributed by atoms with Crippen molar-refractivity contribution in [2.75, 3.05) is 21.3 Å². The van der Waals surface area contributed by atoms with Gasteiger partial charge in [0.25, 0.3) is 23.6 Å². The van der Waals surface area contributed by atoms with E-state index in [4.69, 9.17) is 5.73 Å². The van der Waals surface area contributed by atoms with E-state index < -0.39 is 11.8 Å². The van der Waals surface area contributed by atoms with Crippen molar-refractivity contribution >= 4 is 46.4 Å². The maximum Gasteiger partial charge on any atom is 0.266 e. The third-order valence-electron chi connectivity index (χ3n) is 6.07. The first kappa shape index (κ1) is 23.5. The molecule has 4 aromatic rings. The van der Waals surface area contributed by atoms with E-state index in [1.807, 2.05) is 19.1 Å². The molecule has 4 N–H and O–H groups in total. The number of nitrogens with one attached hydrogen (secondary N) is 2. The van der Waals surface area contributed by atoms with Crippen molar-refractivity contribution in [2.45, 2.75) is 6.92 Å². The minimum Gasteiger partial charge on any atom is -0.399 e. The zero-order chi connectivity index (χ0) is 26.1. The Hall–Kier alpha value is -5.24. The van der Waals surface area contributed by atoms with Crippen molar-refractivity contribution in [3.63, 3.8) is 0 Å². The van der Waals surface area contributed by atoms with E-state index in [0.29, 0.717) is 33.9 Å². The third kappa shape index (κ3) is 4.55. The molecule has 0 bridgehead atoms. The number of benzene rings is 4. The number of imide groups is 1. The van der Waals surface area contributed by atoms with Gasteiger partial charge in [0, 0.05) is 28.2 Å². The zero-order valence-electron chi connectivity index (χ0n) is 19.8. The Morgan fingerprint density at radius 2 is 1.38 bits per heavy atom. The number of carbonyl (C=O) groups is 4. The SMILES string of the molecule is Cc1ccccc1C(=O)Nc1cccc(N2C(=O)c3ccc(NC(=O)c4ccc(N)cc4)cc3C2=O)c1. The van der Waals surface area contributed by atoms with Crippen LogP contribution in [-0.4, -0.2) is 23.6 Å². The topological polar surface area (TPSA) is 122 Å². The summed E-state index contributed by atoms with van der Waals surface area (Å²) in [5.74, 6) is -1.67. The molecule has 0 aliphatic carbocycles. The molecule has 0 fully saturated rings. The molecule has 0 spiro atoms. The van der Waals surface area contributed by atoms with Crippen molar-refractivity contribution < 1.29 is 19.2 Å². The lowest BCUT2D eigenvalue weighted by molar-refractivity contribution is 0.0924. The zero-order valence-corrected chi connectivity index (χ0v) is 19.8. The van der Waals surface area contributed by atoms with Gasteiger partial charge in [0.15, 0.2) is 0 Å². The van der Waals surface area contributed by atoms with Gasteiger partial charge in [-0.15, -0.1) is 0 Å². The lowest BCUT2D eigenvalue weighted by Gasteiger charge is -2.15. The highest BCUT2D eigenvalue weighted by molar-refractivity contribution is 6.34. The van der Waals surface area contributed by atoms with Crippen LogP contribution in [0.3, 0.4) is 0 Å². The number of amides is 4. The number of hydrogen-bond acceptors (Lipinski definition) is 5. The lowest BCUT2D eigenvalue weighted by Crippen LogP contribution is -2.29. The summed E-state index contributed by atoms with van der Waals surface area (Å²) < 4.78 is 0. The van der Waals surface area contributed by atoms with Crippen LogP contribution in [0.5, 0.6) is 0 Å². The lowest BCUT2D eigenvalue weighted by atomic mass is 10.1. The number of fused-ring (bicyclic) bond motifs is 1. The van der Waals surface area contributed by atoms with Crippen LogP contribution in [0.25, 0.3) is 0 Å². The number of anilines is 4. The Labute approximate surface area is 212 Å². The van der Waals surface area contributed by atoms with Gasteiger partial charge in [0.1, 0.15) is 0 Å². The van der Waals surface area contributed by atoms with Crippen molar-refractivity contribution in [2.24, 2.45) is 0 Å². The molecule has 1 heterocycles. The van der Waals surface area contributed by atoms with E-state index in [2.05, 4.69) is 10.6 Å². The van der Waals surface area contributed by atoms with Crippen LogP contribution in [0.1, 0.15) is 47.0 Å². The molecule has 0 unspecified atom stereocenters. The normalized spacial score (nSPS) is 12.3. The predicted molar refractivity (Wildman–Crippen MR) is 142 cm³/mol. The Bertz CT molecular complexity index is 1580. The predicted octanol–water partition coefficient (Wildman–Crippen LogP) is 4.88. The summed E-state index contributed by atoms with van der Waals surface area (Å²) in [5.41, 5.74) is 9.52. The van der Waals surface area contributed by atoms with Gasteiger partial charge in [-0.1, -0.05) is 24.3 Å². The van der Waals surface area contributed by atoms with Crippen LogP contribution in [0, 0.1) is 6.92 Å². The Morgan fingerprint density at radius 1 is 0.703 bits per heavy atom. The second-order valence-electron chi connectivity index (χ2n) is 8.60. The van der Waals surface area contributed by atoms with E-state index >= 15 is 0 Å². The highest BCUT2D eigenvalue weighted by Gasteiger charge is 2.37. The van der Waals surface area contributed by atoms with Gasteiger partial charge in [0.05, 0.1) is 16.8 Å². The highest BCUT2D eigenvalue weighted by Crippen LogP contribution is 2.31. The summed E-state index contributed by atoms with van der Waals surface area (Å²) in [5, 5.41) is 5.56. The first-order valence-electron chi connectivity index (χ1n) is 11.5. The van der Waals surface area contributed by atoms with E-state index in [-0.39, 0.29) is 22.9 Å². The molecule has 0 aromatic heterocycles. The van der Waals surface area contributed by atoms with Crippen LogP contribution in [0.2, 0.25) is 0 Å². The van der Waals surface area contributed by atoms with Gasteiger partial charge < -0.3 is 16.4 Å². The first-order valence-corrected chi connectivity index (χ1v) is 11.5. The molecule has 4 amide bonds. The Kier molecular flexibility index (Phi) is 5.99. The molecule has 1 aliphatic rings. The van der Waals surface area contributed by atoms with Crippen molar-refractivity contribution in [1.29, 1.82) is 0 Å². The minimum atomic E-state index is -0.522. The van der Waals surface area contributed by atoms with Gasteiger partial charge in [-0.3, -0.25) is 19.2 Å². The molecule has 0 atom stereocenters. The van der Waals surface area contributed by atoms with Crippen LogP contribution < -0.4 is 21.3 Å². The van der Waals surface area contributed by atoms with Crippen molar-refractivity contribution in [3.8, 4) is 0 Å². The van der Waals surface area contributed by atoms with Gasteiger partial charge in [-0.2, -0.15) is 0 Å². The largest absolute Gasteiger partial charge is 0.399 e. The maximum atomic E-state index is 13.2. The highest BCUT2D eigenvalue weighted by atomic mass is 16.2. The van der Waals surface area contributed by atoms with Crippen LogP contribution in [0.4, 0.5) is 22.7 Å². The fourth-order valence-corrected chi connectivity index (χ4v) is 4.14. The number of nitrogens with zero attached hydrogens (tertiary/aromatic N) is 1. The number of carbonyl (C=O) groups excluding carboxylic acids is 4. The molecule has 0 radical (unpaired) electrons. The van der Waals surface area contributed by atoms with Gasteiger partial charge >= 0.3 is 0 Å². The molecule has 5 rings (SSSR count). The second kappa shape index (κ2) is 9.43. The van der Waals surface area contributed by atoms with E-state index in [0.717, 1.165) is 10.5 Å². The number of nitrogen functional groups attached to an aromatic ring is 1. The Morgan fingerprint density at radius 3 is 2.14 bits per heavy atom. The molecule has 4 aromatic carbocycles. The van der Waals surface area contributed by atoms with Crippen molar-refractivity contribution in [1.82, 2.24) is 0 Å². The minimum absolute atomic E-state index is 0.175. The van der Waals surface area contributed by atoms with Crippen molar-refractivity contribution in [3.05, 3.63) is 119 Å². The number of hydrogen-bond donors (Lipinski definition) is 3. The number of rotatable bonds is 5. The van der Waals surface area contributed by atoms with E-state index in [1.54, 1.807) is 66.7 Å². The van der Waals surface area contributed by atoms with Crippen LogP contribution in [0.15, 0.2) is 91.0 Å². The smallest absolute Gasteiger partial charge is 0.266 e. The van der Waals surface area contributed by atoms with Gasteiger partial charge in [-0.05, 0) is 79.2 Å².